The van der Waals surface area contributed by atoms with Crippen molar-refractivity contribution in [2.24, 2.45) is 0 Å². The van der Waals surface area contributed by atoms with E-state index in [2.05, 4.69) is 0 Å². The number of carbonyl (C=O) groups is 1. The van der Waals surface area contributed by atoms with E-state index in [1.54, 1.807) is 15.9 Å². The highest BCUT2D eigenvalue weighted by Gasteiger charge is 2.50. The van der Waals surface area contributed by atoms with Gasteiger partial charge in [0.1, 0.15) is 6.26 Å². The zero-order chi connectivity index (χ0) is 15.0. The fourth-order valence-electron chi connectivity index (χ4n) is 3.10. The monoisotopic (exact) mass is 300 g/mol. The van der Waals surface area contributed by atoms with Crippen molar-refractivity contribution in [2.75, 3.05) is 33.4 Å². The first-order chi connectivity index (χ1) is 10.00. The third-order valence-corrected chi connectivity index (χ3v) is 4.16. The predicted octanol–water partition coefficient (Wildman–Crippen LogP) is 1.46. The average molecular weight is 300 g/mol. The second-order valence-electron chi connectivity index (χ2n) is 5.72. The Labute approximate surface area is 121 Å². The van der Waals surface area contributed by atoms with E-state index in [4.69, 9.17) is 9.15 Å². The molecule has 0 N–H and O–H groups in total. The Kier molecular flexibility index (Phi) is 3.71. The molecule has 0 aromatic carbocycles. The van der Waals surface area contributed by atoms with E-state index in [1.165, 1.54) is 19.6 Å². The van der Waals surface area contributed by atoms with Gasteiger partial charge < -0.3 is 14.1 Å². The largest absolute Gasteiger partial charge is 0.472 e. The van der Waals surface area contributed by atoms with Crippen LogP contribution in [0.2, 0.25) is 0 Å². The van der Waals surface area contributed by atoms with Crippen molar-refractivity contribution in [3.05, 3.63) is 24.2 Å². The second-order valence-corrected chi connectivity index (χ2v) is 5.72. The molecule has 0 spiro atoms. The first-order valence-corrected chi connectivity index (χ1v) is 6.94. The van der Waals surface area contributed by atoms with Crippen LogP contribution in [0.15, 0.2) is 23.0 Å². The lowest BCUT2D eigenvalue weighted by Crippen LogP contribution is -2.62. The predicted molar refractivity (Wildman–Crippen MR) is 70.3 cm³/mol. The normalized spacial score (nSPS) is 26.0. The molecule has 3 heterocycles. The van der Waals surface area contributed by atoms with E-state index in [0.29, 0.717) is 25.3 Å². The van der Waals surface area contributed by atoms with E-state index in [9.17, 15) is 13.6 Å². The smallest absolute Gasteiger partial charge is 0.262 e. The molecule has 5 nitrogen and oxygen atoms in total. The second kappa shape index (κ2) is 5.38. The van der Waals surface area contributed by atoms with Gasteiger partial charge in [0.25, 0.3) is 11.8 Å². The molecule has 2 aliphatic rings. The van der Waals surface area contributed by atoms with Crippen LogP contribution in [0.4, 0.5) is 8.78 Å². The van der Waals surface area contributed by atoms with E-state index in [-0.39, 0.29) is 31.0 Å². The molecule has 1 aromatic rings. The minimum Gasteiger partial charge on any atom is -0.472 e. The van der Waals surface area contributed by atoms with Crippen molar-refractivity contribution in [3.8, 4) is 0 Å². The number of methoxy groups -OCH3 is 1. The van der Waals surface area contributed by atoms with Crippen LogP contribution in [-0.2, 0) is 4.74 Å². The summed E-state index contributed by atoms with van der Waals surface area (Å²) in [5, 5.41) is 0. The Morgan fingerprint density at radius 2 is 2.29 bits per heavy atom. The van der Waals surface area contributed by atoms with Gasteiger partial charge in [-0.25, -0.2) is 8.78 Å². The summed E-state index contributed by atoms with van der Waals surface area (Å²) in [6, 6.07) is 1.31. The molecule has 1 amide bonds. The molecule has 21 heavy (non-hydrogen) atoms. The topological polar surface area (TPSA) is 45.9 Å². The zero-order valence-corrected chi connectivity index (χ0v) is 11.8. The maximum atomic E-state index is 13.6. The molecule has 116 valence electrons. The van der Waals surface area contributed by atoms with Crippen molar-refractivity contribution in [3.63, 3.8) is 0 Å². The van der Waals surface area contributed by atoms with E-state index >= 15 is 0 Å². The van der Waals surface area contributed by atoms with Crippen LogP contribution < -0.4 is 0 Å². The molecule has 0 radical (unpaired) electrons. The average Bonchev–Trinajstić information content (AvgIpc) is 2.96. The van der Waals surface area contributed by atoms with Crippen molar-refractivity contribution in [2.45, 2.75) is 24.4 Å². The highest BCUT2D eigenvalue weighted by molar-refractivity contribution is 5.94. The number of hydrogen-bond donors (Lipinski definition) is 0. The number of ether oxygens (including phenoxy) is 1. The number of furan rings is 1. The van der Waals surface area contributed by atoms with Crippen molar-refractivity contribution in [1.82, 2.24) is 9.80 Å². The van der Waals surface area contributed by atoms with Crippen LogP contribution in [0.1, 0.15) is 16.8 Å². The molecule has 3 rings (SSSR count). The van der Waals surface area contributed by atoms with Crippen molar-refractivity contribution < 1.29 is 22.7 Å². The fourth-order valence-corrected chi connectivity index (χ4v) is 3.10. The van der Waals surface area contributed by atoms with Gasteiger partial charge in [0.2, 0.25) is 0 Å². The lowest BCUT2D eigenvalue weighted by Gasteiger charge is -2.45. The van der Waals surface area contributed by atoms with Gasteiger partial charge in [0, 0.05) is 38.7 Å². The number of carbonyl (C=O) groups excluding carboxylic acids is 1. The summed E-state index contributed by atoms with van der Waals surface area (Å²) < 4.78 is 37.1. The summed E-state index contributed by atoms with van der Waals surface area (Å²) in [5.74, 6) is -2.78. The van der Waals surface area contributed by atoms with E-state index in [1.807, 2.05) is 0 Å². The molecule has 0 unspecified atom stereocenters. The molecular weight excluding hydrogens is 282 g/mol. The van der Waals surface area contributed by atoms with Gasteiger partial charge in [0.15, 0.2) is 0 Å². The number of nitrogens with zero attached hydrogens (tertiary/aromatic N) is 2. The highest BCUT2D eigenvalue weighted by atomic mass is 19.3. The Hall–Kier alpha value is -1.47. The Bertz CT molecular complexity index is 500. The number of alkyl halides is 2. The summed E-state index contributed by atoms with van der Waals surface area (Å²) in [4.78, 5) is 15.5. The first kappa shape index (κ1) is 14.5. The standard InChI is InChI=1S/C14H18F2N2O3/c1-20-8-11-4-14(15,16)9-18(11)12-5-17(6-12)13(19)10-2-3-21-7-10/h2-3,7,11-12H,4-6,8-9H2,1H3/t11-/m0/s1. The number of likely N-dealkylation sites (tertiary alicyclic amines) is 2. The number of halogens is 2. The zero-order valence-electron chi connectivity index (χ0n) is 11.8. The minimum absolute atomic E-state index is 0.0191. The maximum Gasteiger partial charge on any atom is 0.262 e. The van der Waals surface area contributed by atoms with Crippen molar-refractivity contribution in [1.29, 1.82) is 0 Å². The van der Waals surface area contributed by atoms with Gasteiger partial charge in [-0.15, -0.1) is 0 Å². The SMILES string of the molecule is COC[C@@H]1CC(F)(F)CN1C1CN(C(=O)c2ccoc2)C1. The lowest BCUT2D eigenvalue weighted by molar-refractivity contribution is -0.0136. The fraction of sp³-hybridized carbons (Fsp3) is 0.643. The summed E-state index contributed by atoms with van der Waals surface area (Å²) in [7, 11) is 1.52. The third kappa shape index (κ3) is 2.80. The highest BCUT2D eigenvalue weighted by Crippen LogP contribution is 2.35. The summed E-state index contributed by atoms with van der Waals surface area (Å²) in [5.41, 5.74) is 0.494. The van der Waals surface area contributed by atoms with Crippen LogP contribution in [0.5, 0.6) is 0 Å². The number of amides is 1. The molecule has 2 saturated heterocycles. The van der Waals surface area contributed by atoms with Gasteiger partial charge in [0.05, 0.1) is 25.0 Å². The summed E-state index contributed by atoms with van der Waals surface area (Å²) >= 11 is 0. The summed E-state index contributed by atoms with van der Waals surface area (Å²) in [6.07, 6.45) is 2.67. The molecule has 1 atom stereocenters. The molecule has 1 aromatic heterocycles. The summed E-state index contributed by atoms with van der Waals surface area (Å²) in [6.45, 7) is 0.988. The Morgan fingerprint density at radius 1 is 1.52 bits per heavy atom. The van der Waals surface area contributed by atoms with E-state index < -0.39 is 5.92 Å². The number of rotatable bonds is 4. The first-order valence-electron chi connectivity index (χ1n) is 6.94. The molecule has 0 saturated carbocycles. The van der Waals surface area contributed by atoms with Crippen LogP contribution in [-0.4, -0.2) is 67.1 Å². The van der Waals surface area contributed by atoms with Gasteiger partial charge in [-0.3, -0.25) is 9.69 Å². The van der Waals surface area contributed by atoms with Gasteiger partial charge in [-0.1, -0.05) is 0 Å². The van der Waals surface area contributed by atoms with Gasteiger partial charge in [-0.2, -0.15) is 0 Å². The van der Waals surface area contributed by atoms with Gasteiger partial charge in [-0.05, 0) is 6.07 Å². The van der Waals surface area contributed by atoms with Gasteiger partial charge >= 0.3 is 0 Å². The number of hydrogen-bond acceptors (Lipinski definition) is 4. The molecule has 0 aliphatic carbocycles. The Balaban J connectivity index is 1.59. The quantitative estimate of drug-likeness (QED) is 0.844. The minimum atomic E-state index is -2.67. The Morgan fingerprint density at radius 3 is 2.90 bits per heavy atom. The molecular formula is C14H18F2N2O3. The van der Waals surface area contributed by atoms with Crippen molar-refractivity contribution >= 4 is 5.91 Å². The van der Waals surface area contributed by atoms with Crippen LogP contribution >= 0.6 is 0 Å². The molecule has 7 heteroatoms. The van der Waals surface area contributed by atoms with E-state index in [0.717, 1.165) is 0 Å². The molecule has 2 fully saturated rings. The lowest BCUT2D eigenvalue weighted by atomic mass is 10.0. The molecule has 0 bridgehead atoms. The van der Waals surface area contributed by atoms with Crippen LogP contribution in [0, 0.1) is 0 Å². The maximum absolute atomic E-state index is 13.6. The molecule has 2 aliphatic heterocycles. The van der Waals surface area contributed by atoms with Crippen LogP contribution in [0.25, 0.3) is 0 Å². The third-order valence-electron chi connectivity index (χ3n) is 4.16. The van der Waals surface area contributed by atoms with Crippen LogP contribution in [0.3, 0.4) is 0 Å².